The van der Waals surface area contributed by atoms with Crippen LogP contribution in [0, 0.1) is 6.92 Å². The maximum atomic E-state index is 10.7. The zero-order valence-electron chi connectivity index (χ0n) is 8.16. The second kappa shape index (κ2) is 5.09. The van der Waals surface area contributed by atoms with Gasteiger partial charge in [0.2, 0.25) is 0 Å². The summed E-state index contributed by atoms with van der Waals surface area (Å²) in [5, 5.41) is 8.75. The maximum absolute atomic E-state index is 10.7. The molecule has 0 fully saturated rings. The Morgan fingerprint density at radius 1 is 1.71 bits per heavy atom. The van der Waals surface area contributed by atoms with Crippen LogP contribution in [0.2, 0.25) is 0 Å². The van der Waals surface area contributed by atoms with E-state index in [1.807, 2.05) is 13.8 Å². The highest BCUT2D eigenvalue weighted by atomic mass is 32.1. The number of aromatic carboxylic acids is 1. The minimum Gasteiger partial charge on any atom is -0.477 e. The summed E-state index contributed by atoms with van der Waals surface area (Å²) >= 11 is 1.29. The molecule has 0 aromatic carbocycles. The van der Waals surface area contributed by atoms with Crippen molar-refractivity contribution in [3.05, 3.63) is 21.4 Å². The van der Waals surface area contributed by atoms with Crippen molar-refractivity contribution in [1.82, 2.24) is 5.48 Å². The Kier molecular flexibility index (Phi) is 4.06. The summed E-state index contributed by atoms with van der Waals surface area (Å²) in [5.41, 5.74) is 3.73. The van der Waals surface area contributed by atoms with Gasteiger partial charge >= 0.3 is 5.97 Å². The highest BCUT2D eigenvalue weighted by Crippen LogP contribution is 2.21. The second-order valence-corrected chi connectivity index (χ2v) is 4.01. The topological polar surface area (TPSA) is 58.6 Å². The van der Waals surface area contributed by atoms with E-state index in [0.717, 1.165) is 10.4 Å². The van der Waals surface area contributed by atoms with Crippen molar-refractivity contribution in [3.63, 3.8) is 0 Å². The number of rotatable bonds is 5. The Morgan fingerprint density at radius 2 is 2.43 bits per heavy atom. The van der Waals surface area contributed by atoms with Gasteiger partial charge in [0.1, 0.15) is 4.88 Å². The first-order valence-electron chi connectivity index (χ1n) is 4.32. The molecule has 0 saturated carbocycles. The summed E-state index contributed by atoms with van der Waals surface area (Å²) in [6.45, 7) is 4.93. The molecular weight excluding hydrogens is 202 g/mol. The molecule has 1 rings (SSSR count). The van der Waals surface area contributed by atoms with Crippen molar-refractivity contribution in [2.75, 3.05) is 6.61 Å². The van der Waals surface area contributed by atoms with Gasteiger partial charge in [0.25, 0.3) is 0 Å². The molecule has 78 valence electrons. The van der Waals surface area contributed by atoms with Crippen LogP contribution in [0.5, 0.6) is 0 Å². The van der Waals surface area contributed by atoms with E-state index < -0.39 is 5.97 Å². The van der Waals surface area contributed by atoms with Crippen LogP contribution >= 0.6 is 11.3 Å². The number of carbonyl (C=O) groups is 1. The molecule has 0 unspecified atom stereocenters. The second-order valence-electron chi connectivity index (χ2n) is 2.75. The summed E-state index contributed by atoms with van der Waals surface area (Å²) in [6.07, 6.45) is 0. The van der Waals surface area contributed by atoms with Crippen molar-refractivity contribution >= 4 is 17.3 Å². The van der Waals surface area contributed by atoms with Crippen LogP contribution in [-0.2, 0) is 11.4 Å². The molecule has 0 spiro atoms. The van der Waals surface area contributed by atoms with Crippen LogP contribution in [0.3, 0.4) is 0 Å². The largest absolute Gasteiger partial charge is 0.477 e. The first-order valence-corrected chi connectivity index (χ1v) is 5.14. The van der Waals surface area contributed by atoms with E-state index in [1.54, 1.807) is 6.07 Å². The van der Waals surface area contributed by atoms with Crippen molar-refractivity contribution < 1.29 is 14.7 Å². The molecule has 0 radical (unpaired) electrons. The Balaban J connectivity index is 2.63. The molecule has 1 heterocycles. The summed E-state index contributed by atoms with van der Waals surface area (Å²) in [7, 11) is 0. The van der Waals surface area contributed by atoms with Crippen LogP contribution in [-0.4, -0.2) is 17.7 Å². The number of aryl methyl sites for hydroxylation is 1. The van der Waals surface area contributed by atoms with E-state index in [2.05, 4.69) is 5.48 Å². The average molecular weight is 215 g/mol. The smallest absolute Gasteiger partial charge is 0.345 e. The normalized spacial score (nSPS) is 10.4. The Morgan fingerprint density at radius 3 is 2.93 bits per heavy atom. The van der Waals surface area contributed by atoms with E-state index in [4.69, 9.17) is 9.94 Å². The van der Waals surface area contributed by atoms with Gasteiger partial charge in [-0.15, -0.1) is 11.3 Å². The number of thiophene rings is 1. The molecule has 4 nitrogen and oxygen atoms in total. The minimum atomic E-state index is -0.874. The van der Waals surface area contributed by atoms with Crippen molar-refractivity contribution in [2.45, 2.75) is 20.4 Å². The summed E-state index contributed by atoms with van der Waals surface area (Å²) in [6, 6.07) is 1.67. The third-order valence-electron chi connectivity index (χ3n) is 1.74. The minimum absolute atomic E-state index is 0.371. The van der Waals surface area contributed by atoms with E-state index in [9.17, 15) is 4.79 Å². The SMILES string of the molecule is CCONCc1cc(C(=O)O)sc1C. The molecule has 0 bridgehead atoms. The highest BCUT2D eigenvalue weighted by Gasteiger charge is 2.10. The molecule has 14 heavy (non-hydrogen) atoms. The third kappa shape index (κ3) is 2.80. The maximum Gasteiger partial charge on any atom is 0.345 e. The molecule has 2 N–H and O–H groups in total. The fraction of sp³-hybridized carbons (Fsp3) is 0.444. The van der Waals surface area contributed by atoms with E-state index in [1.165, 1.54) is 11.3 Å². The number of hydroxylamine groups is 1. The fourth-order valence-corrected chi connectivity index (χ4v) is 1.91. The predicted molar refractivity (Wildman–Crippen MR) is 54.5 cm³/mol. The number of carboxylic acid groups (broad SMARTS) is 1. The van der Waals surface area contributed by atoms with Gasteiger partial charge in [-0.1, -0.05) is 0 Å². The zero-order chi connectivity index (χ0) is 10.6. The molecule has 0 amide bonds. The Hall–Kier alpha value is -0.910. The third-order valence-corrected chi connectivity index (χ3v) is 2.82. The molecule has 0 aliphatic rings. The van der Waals surface area contributed by atoms with Crippen molar-refractivity contribution in [3.8, 4) is 0 Å². The molecule has 1 aromatic rings. The zero-order valence-corrected chi connectivity index (χ0v) is 8.98. The molecule has 0 aliphatic heterocycles. The van der Waals surface area contributed by atoms with Gasteiger partial charge in [0, 0.05) is 11.4 Å². The summed E-state index contributed by atoms with van der Waals surface area (Å²) in [5.74, 6) is -0.874. The van der Waals surface area contributed by atoms with E-state index in [-0.39, 0.29) is 0 Å². The average Bonchev–Trinajstić information content (AvgIpc) is 2.49. The molecule has 0 aliphatic carbocycles. The molecular formula is C9H13NO3S. The molecule has 5 heteroatoms. The number of hydrogen-bond donors (Lipinski definition) is 2. The lowest BCUT2D eigenvalue weighted by Crippen LogP contribution is -2.13. The summed E-state index contributed by atoms with van der Waals surface area (Å²) < 4.78 is 0. The van der Waals surface area contributed by atoms with E-state index in [0.29, 0.717) is 18.0 Å². The van der Waals surface area contributed by atoms with Crippen LogP contribution in [0.25, 0.3) is 0 Å². The number of nitrogens with one attached hydrogen (secondary N) is 1. The number of hydrogen-bond acceptors (Lipinski definition) is 4. The van der Waals surface area contributed by atoms with Crippen molar-refractivity contribution in [2.24, 2.45) is 0 Å². The Labute approximate surface area is 86.5 Å². The van der Waals surface area contributed by atoms with Gasteiger partial charge in [-0.2, -0.15) is 5.48 Å². The van der Waals surface area contributed by atoms with E-state index >= 15 is 0 Å². The van der Waals surface area contributed by atoms with Crippen LogP contribution in [0.1, 0.15) is 27.0 Å². The monoisotopic (exact) mass is 215 g/mol. The van der Waals surface area contributed by atoms with Gasteiger partial charge in [-0.3, -0.25) is 0 Å². The molecule has 1 aromatic heterocycles. The molecule has 0 atom stereocenters. The number of carboxylic acids is 1. The van der Waals surface area contributed by atoms with Crippen LogP contribution < -0.4 is 5.48 Å². The van der Waals surface area contributed by atoms with Gasteiger partial charge < -0.3 is 9.94 Å². The van der Waals surface area contributed by atoms with Crippen LogP contribution in [0.15, 0.2) is 6.07 Å². The Bertz CT molecular complexity index is 322. The lowest BCUT2D eigenvalue weighted by atomic mass is 10.2. The fourth-order valence-electron chi connectivity index (χ4n) is 1.03. The first kappa shape index (κ1) is 11.2. The lowest BCUT2D eigenvalue weighted by molar-refractivity contribution is 0.0462. The van der Waals surface area contributed by atoms with Crippen molar-refractivity contribution in [1.29, 1.82) is 0 Å². The van der Waals surface area contributed by atoms with Gasteiger partial charge in [0.05, 0.1) is 6.61 Å². The predicted octanol–water partition coefficient (Wildman–Crippen LogP) is 1.80. The lowest BCUT2D eigenvalue weighted by Gasteiger charge is -2.01. The van der Waals surface area contributed by atoms with Gasteiger partial charge in [-0.25, -0.2) is 4.79 Å². The van der Waals surface area contributed by atoms with Crippen LogP contribution in [0.4, 0.5) is 0 Å². The quantitative estimate of drug-likeness (QED) is 0.581. The molecule has 0 saturated heterocycles. The van der Waals surface area contributed by atoms with Gasteiger partial charge in [0.15, 0.2) is 0 Å². The first-order chi connectivity index (χ1) is 6.65. The standard InChI is InChI=1S/C9H13NO3S/c1-3-13-10-5-7-4-8(9(11)12)14-6(7)2/h4,10H,3,5H2,1-2H3,(H,11,12). The highest BCUT2D eigenvalue weighted by molar-refractivity contribution is 7.14. The summed E-state index contributed by atoms with van der Waals surface area (Å²) in [4.78, 5) is 17.0. The van der Waals surface area contributed by atoms with Gasteiger partial charge in [-0.05, 0) is 25.5 Å².